The monoisotopic (exact) mass is 174 g/mol. The summed E-state index contributed by atoms with van der Waals surface area (Å²) in [4.78, 5) is 17.9. The van der Waals surface area contributed by atoms with Crippen LogP contribution in [0.2, 0.25) is 0 Å². The zero-order valence-corrected chi connectivity index (χ0v) is 6.68. The zero-order chi connectivity index (χ0) is 9.10. The van der Waals surface area contributed by atoms with Gasteiger partial charge in [-0.05, 0) is 12.1 Å². The fourth-order valence-corrected chi connectivity index (χ4v) is 0.978. The fourth-order valence-electron chi connectivity index (χ4n) is 0.978. The van der Waals surface area contributed by atoms with Crippen molar-refractivity contribution in [2.75, 3.05) is 0 Å². The van der Waals surface area contributed by atoms with Crippen LogP contribution in [0.3, 0.4) is 0 Å². The summed E-state index contributed by atoms with van der Waals surface area (Å²) in [5.74, 6) is -0.338. The highest BCUT2D eigenvalue weighted by Crippen LogP contribution is 2.12. The van der Waals surface area contributed by atoms with Gasteiger partial charge < -0.3 is 4.42 Å². The first-order valence-corrected chi connectivity index (χ1v) is 3.74. The van der Waals surface area contributed by atoms with Crippen LogP contribution in [0.15, 0.2) is 45.9 Å². The van der Waals surface area contributed by atoms with E-state index in [1.807, 2.05) is 30.3 Å². The van der Waals surface area contributed by atoms with E-state index in [0.717, 1.165) is 5.56 Å². The maximum atomic E-state index is 10.7. The number of hydrogen-bond donors (Lipinski definition) is 0. The SMILES string of the molecule is O=c1ncnc(-c2ccccc2)o1. The van der Waals surface area contributed by atoms with Gasteiger partial charge in [-0.2, -0.15) is 4.98 Å². The Morgan fingerprint density at radius 2 is 1.85 bits per heavy atom. The molecular formula is C9H6N2O2. The topological polar surface area (TPSA) is 56.0 Å². The predicted octanol–water partition coefficient (Wildman–Crippen LogP) is 1.10. The van der Waals surface area contributed by atoms with Crippen molar-refractivity contribution in [3.63, 3.8) is 0 Å². The van der Waals surface area contributed by atoms with E-state index in [-0.39, 0.29) is 0 Å². The lowest BCUT2D eigenvalue weighted by Gasteiger charge is -1.95. The maximum Gasteiger partial charge on any atom is 0.441 e. The Kier molecular flexibility index (Phi) is 1.88. The Bertz CT molecular complexity index is 450. The summed E-state index contributed by atoms with van der Waals surface area (Å²) in [7, 11) is 0. The Morgan fingerprint density at radius 1 is 1.08 bits per heavy atom. The van der Waals surface area contributed by atoms with Crippen molar-refractivity contribution in [3.8, 4) is 11.5 Å². The Balaban J connectivity index is 2.54. The van der Waals surface area contributed by atoms with Gasteiger partial charge >= 0.3 is 5.76 Å². The lowest BCUT2D eigenvalue weighted by molar-refractivity contribution is 0.477. The molecule has 0 fully saturated rings. The predicted molar refractivity (Wildman–Crippen MR) is 46.0 cm³/mol. The van der Waals surface area contributed by atoms with Gasteiger partial charge in [0, 0.05) is 5.56 Å². The number of benzene rings is 1. The molecule has 2 rings (SSSR count). The first-order valence-electron chi connectivity index (χ1n) is 3.74. The van der Waals surface area contributed by atoms with Crippen LogP contribution >= 0.6 is 0 Å². The number of hydrogen-bond acceptors (Lipinski definition) is 4. The molecule has 4 nitrogen and oxygen atoms in total. The van der Waals surface area contributed by atoms with Crippen molar-refractivity contribution < 1.29 is 4.42 Å². The highest BCUT2D eigenvalue weighted by atomic mass is 16.4. The first kappa shape index (κ1) is 7.67. The van der Waals surface area contributed by atoms with Crippen LogP contribution in [0.5, 0.6) is 0 Å². The van der Waals surface area contributed by atoms with E-state index in [2.05, 4.69) is 9.97 Å². The van der Waals surface area contributed by atoms with Gasteiger partial charge in [-0.1, -0.05) is 18.2 Å². The summed E-state index contributed by atoms with van der Waals surface area (Å²) in [5.41, 5.74) is 0.766. The quantitative estimate of drug-likeness (QED) is 0.649. The van der Waals surface area contributed by atoms with Gasteiger partial charge in [0.25, 0.3) is 0 Å². The average molecular weight is 174 g/mol. The third kappa shape index (κ3) is 1.61. The zero-order valence-electron chi connectivity index (χ0n) is 6.68. The van der Waals surface area contributed by atoms with Crippen LogP contribution in [-0.2, 0) is 0 Å². The molecule has 0 unspecified atom stereocenters. The summed E-state index contributed by atoms with van der Waals surface area (Å²) in [6, 6.07) is 9.19. The van der Waals surface area contributed by atoms with E-state index in [9.17, 15) is 4.79 Å². The Morgan fingerprint density at radius 3 is 2.54 bits per heavy atom. The van der Waals surface area contributed by atoms with Crippen molar-refractivity contribution in [2.24, 2.45) is 0 Å². The van der Waals surface area contributed by atoms with Crippen LogP contribution in [0.25, 0.3) is 11.5 Å². The summed E-state index contributed by atoms with van der Waals surface area (Å²) in [5, 5.41) is 0. The van der Waals surface area contributed by atoms with Gasteiger partial charge in [-0.3, -0.25) is 0 Å². The van der Waals surface area contributed by atoms with E-state index < -0.39 is 5.76 Å². The van der Waals surface area contributed by atoms with Gasteiger partial charge in [0.15, 0.2) is 0 Å². The Hall–Kier alpha value is -1.97. The first-order chi connectivity index (χ1) is 6.36. The number of nitrogens with zero attached hydrogens (tertiary/aromatic N) is 2. The van der Waals surface area contributed by atoms with Crippen LogP contribution in [-0.4, -0.2) is 9.97 Å². The molecule has 0 spiro atoms. The molecule has 64 valence electrons. The minimum atomic E-state index is -0.631. The van der Waals surface area contributed by atoms with Gasteiger partial charge in [0.05, 0.1) is 0 Å². The summed E-state index contributed by atoms with van der Waals surface area (Å²) < 4.78 is 4.79. The minimum absolute atomic E-state index is 0.292. The second kappa shape index (κ2) is 3.18. The Labute approximate surface area is 73.9 Å². The smallest absolute Gasteiger partial charge is 0.389 e. The average Bonchev–Trinajstić information content (AvgIpc) is 2.19. The normalized spacial score (nSPS) is 9.85. The van der Waals surface area contributed by atoms with Crippen molar-refractivity contribution in [2.45, 2.75) is 0 Å². The summed E-state index contributed by atoms with van der Waals surface area (Å²) in [6.45, 7) is 0. The third-order valence-electron chi connectivity index (χ3n) is 1.54. The molecule has 0 N–H and O–H groups in total. The standard InChI is InChI=1S/C9H6N2O2/c12-9-11-6-10-8(13-9)7-4-2-1-3-5-7/h1-6H. The molecule has 1 heterocycles. The molecule has 0 saturated carbocycles. The van der Waals surface area contributed by atoms with E-state index in [1.54, 1.807) is 0 Å². The van der Waals surface area contributed by atoms with E-state index >= 15 is 0 Å². The number of aromatic nitrogens is 2. The van der Waals surface area contributed by atoms with Crippen LogP contribution in [0.4, 0.5) is 0 Å². The molecule has 1 aromatic heterocycles. The van der Waals surface area contributed by atoms with E-state index in [4.69, 9.17) is 4.42 Å². The van der Waals surface area contributed by atoms with Crippen molar-refractivity contribution in [3.05, 3.63) is 47.2 Å². The van der Waals surface area contributed by atoms with Crippen molar-refractivity contribution >= 4 is 0 Å². The molecular weight excluding hydrogens is 168 g/mol. The van der Waals surface area contributed by atoms with Gasteiger partial charge in [-0.25, -0.2) is 9.78 Å². The van der Waals surface area contributed by atoms with E-state index in [1.165, 1.54) is 6.33 Å². The third-order valence-corrected chi connectivity index (χ3v) is 1.54. The molecule has 13 heavy (non-hydrogen) atoms. The van der Waals surface area contributed by atoms with Gasteiger partial charge in [-0.15, -0.1) is 0 Å². The highest BCUT2D eigenvalue weighted by Gasteiger charge is 2.00. The molecule has 2 aromatic rings. The van der Waals surface area contributed by atoms with Crippen LogP contribution in [0.1, 0.15) is 0 Å². The molecule has 0 saturated heterocycles. The minimum Gasteiger partial charge on any atom is -0.389 e. The second-order valence-electron chi connectivity index (χ2n) is 2.41. The summed E-state index contributed by atoms with van der Waals surface area (Å²) in [6.07, 6.45) is 1.19. The van der Waals surface area contributed by atoms with Crippen LogP contribution < -0.4 is 5.76 Å². The fraction of sp³-hybridized carbons (Fsp3) is 0. The summed E-state index contributed by atoms with van der Waals surface area (Å²) >= 11 is 0. The molecule has 0 aliphatic rings. The lowest BCUT2D eigenvalue weighted by Crippen LogP contribution is -2.04. The maximum absolute atomic E-state index is 10.7. The number of rotatable bonds is 1. The lowest BCUT2D eigenvalue weighted by atomic mass is 10.2. The van der Waals surface area contributed by atoms with Gasteiger partial charge in [0.2, 0.25) is 5.89 Å². The molecule has 0 aliphatic carbocycles. The molecule has 0 bridgehead atoms. The highest BCUT2D eigenvalue weighted by molar-refractivity contribution is 5.51. The van der Waals surface area contributed by atoms with E-state index in [0.29, 0.717) is 5.89 Å². The molecule has 0 aliphatic heterocycles. The molecule has 4 heteroatoms. The van der Waals surface area contributed by atoms with Gasteiger partial charge in [0.1, 0.15) is 6.33 Å². The van der Waals surface area contributed by atoms with Crippen molar-refractivity contribution in [1.82, 2.24) is 9.97 Å². The molecule has 0 radical (unpaired) electrons. The molecule has 0 amide bonds. The van der Waals surface area contributed by atoms with Crippen LogP contribution in [0, 0.1) is 0 Å². The molecule has 0 atom stereocenters. The molecule has 1 aromatic carbocycles. The second-order valence-corrected chi connectivity index (χ2v) is 2.41. The largest absolute Gasteiger partial charge is 0.441 e. The van der Waals surface area contributed by atoms with Crippen molar-refractivity contribution in [1.29, 1.82) is 0 Å².